The smallest absolute Gasteiger partial charge is 0.419 e. The predicted molar refractivity (Wildman–Crippen MR) is 116 cm³/mol. The van der Waals surface area contributed by atoms with Gasteiger partial charge >= 0.3 is 6.09 Å². The topological polar surface area (TPSA) is 56.2 Å². The van der Waals surface area contributed by atoms with Crippen molar-refractivity contribution in [2.75, 3.05) is 11.9 Å². The van der Waals surface area contributed by atoms with E-state index in [-0.39, 0.29) is 0 Å². The maximum absolute atomic E-state index is 12.1. The second-order valence-electron chi connectivity index (χ2n) is 7.31. The molecule has 2 aromatic carbocycles. The molecule has 0 radical (unpaired) electrons. The first kappa shape index (κ1) is 21.5. The average molecular weight is 382 g/mol. The van der Waals surface area contributed by atoms with Crippen LogP contribution in [0.25, 0.3) is 10.8 Å². The van der Waals surface area contributed by atoms with Gasteiger partial charge in [-0.3, -0.25) is 0 Å². The van der Waals surface area contributed by atoms with E-state index in [0.29, 0.717) is 6.42 Å². The maximum Gasteiger partial charge on any atom is 0.419 e. The van der Waals surface area contributed by atoms with Crippen LogP contribution in [-0.4, -0.2) is 27.8 Å². The average Bonchev–Trinajstić information content (AvgIpc) is 3.12. The van der Waals surface area contributed by atoms with Gasteiger partial charge in [0, 0.05) is 24.8 Å². The van der Waals surface area contributed by atoms with Crippen molar-refractivity contribution in [1.82, 2.24) is 9.55 Å². The van der Waals surface area contributed by atoms with Crippen LogP contribution in [0.15, 0.2) is 48.9 Å². The molecular formula is C23H31N3O2. The highest BCUT2D eigenvalue weighted by Gasteiger charge is 2.18. The second-order valence-corrected chi connectivity index (χ2v) is 7.31. The highest BCUT2D eigenvalue weighted by molar-refractivity contribution is 5.89. The summed E-state index contributed by atoms with van der Waals surface area (Å²) in [5, 5.41) is 5.73. The predicted octanol–water partition coefficient (Wildman–Crippen LogP) is 5.87. The Morgan fingerprint density at radius 3 is 2.61 bits per heavy atom. The van der Waals surface area contributed by atoms with Crippen LogP contribution in [-0.2, 0) is 11.2 Å². The van der Waals surface area contributed by atoms with Crippen LogP contribution in [0, 0.1) is 0 Å². The van der Waals surface area contributed by atoms with Gasteiger partial charge < -0.3 is 10.1 Å². The third kappa shape index (κ3) is 5.59. The second kappa shape index (κ2) is 9.40. The number of carbonyl (C=O) groups is 1. The molecule has 3 aromatic rings. The number of benzene rings is 2. The highest BCUT2D eigenvalue weighted by Crippen LogP contribution is 2.24. The van der Waals surface area contributed by atoms with Gasteiger partial charge in [0.05, 0.1) is 5.69 Å². The quantitative estimate of drug-likeness (QED) is 0.614. The molecule has 1 heterocycles. The Morgan fingerprint density at radius 2 is 1.93 bits per heavy atom. The van der Waals surface area contributed by atoms with Crippen LogP contribution in [0.1, 0.15) is 52.8 Å². The third-order valence-electron chi connectivity index (χ3n) is 3.97. The van der Waals surface area contributed by atoms with E-state index in [2.05, 4.69) is 53.6 Å². The summed E-state index contributed by atoms with van der Waals surface area (Å²) in [5.41, 5.74) is 2.58. The van der Waals surface area contributed by atoms with Gasteiger partial charge in [-0.2, -0.15) is 0 Å². The highest BCUT2D eigenvalue weighted by atomic mass is 16.6. The molecule has 0 spiro atoms. The van der Waals surface area contributed by atoms with Crippen molar-refractivity contribution in [2.24, 2.45) is 0 Å². The lowest BCUT2D eigenvalue weighted by molar-refractivity contribution is 0.0536. The van der Waals surface area contributed by atoms with E-state index < -0.39 is 11.7 Å². The van der Waals surface area contributed by atoms with E-state index in [1.807, 2.05) is 34.6 Å². The fourth-order valence-corrected chi connectivity index (χ4v) is 2.87. The molecule has 0 amide bonds. The van der Waals surface area contributed by atoms with E-state index in [1.165, 1.54) is 27.2 Å². The number of hydrogen-bond acceptors (Lipinski definition) is 4. The van der Waals surface area contributed by atoms with Gasteiger partial charge in [0.1, 0.15) is 11.9 Å². The number of nitrogens with zero attached hydrogens (tertiary/aromatic N) is 2. The number of carbonyl (C=O) groups excluding carboxylic acids is 1. The molecule has 0 unspecified atom stereocenters. The summed E-state index contributed by atoms with van der Waals surface area (Å²) in [6, 6.07) is 12.6. The van der Waals surface area contributed by atoms with Crippen molar-refractivity contribution in [3.8, 4) is 0 Å². The number of nitrogens with one attached hydrogen (secondary N) is 1. The van der Waals surface area contributed by atoms with Crippen molar-refractivity contribution < 1.29 is 9.53 Å². The zero-order chi connectivity index (χ0) is 20.7. The molecule has 28 heavy (non-hydrogen) atoms. The Labute approximate surface area is 167 Å². The first-order valence-electron chi connectivity index (χ1n) is 9.87. The van der Waals surface area contributed by atoms with Crippen LogP contribution in [0.2, 0.25) is 0 Å². The molecule has 0 aliphatic carbocycles. The van der Waals surface area contributed by atoms with Crippen LogP contribution in [0.5, 0.6) is 0 Å². The number of hydrogen-bond donors (Lipinski definition) is 1. The van der Waals surface area contributed by atoms with E-state index >= 15 is 0 Å². The van der Waals surface area contributed by atoms with E-state index in [0.717, 1.165) is 17.9 Å². The lowest BCUT2D eigenvalue weighted by Crippen LogP contribution is -2.26. The first-order chi connectivity index (χ1) is 13.4. The number of imidazole rings is 1. The first-order valence-corrected chi connectivity index (χ1v) is 9.87. The Hall–Kier alpha value is -2.82. The minimum absolute atomic E-state index is 0.413. The normalized spacial score (nSPS) is 10.9. The van der Waals surface area contributed by atoms with Crippen molar-refractivity contribution in [1.29, 1.82) is 0 Å². The van der Waals surface area contributed by atoms with Gasteiger partial charge in [-0.15, -0.1) is 0 Å². The summed E-state index contributed by atoms with van der Waals surface area (Å²) in [6.45, 7) is 12.5. The van der Waals surface area contributed by atoms with E-state index in [9.17, 15) is 4.79 Å². The largest absolute Gasteiger partial charge is 0.443 e. The van der Waals surface area contributed by atoms with Gasteiger partial charge in [0.2, 0.25) is 0 Å². The maximum atomic E-state index is 12.1. The van der Waals surface area contributed by atoms with E-state index in [4.69, 9.17) is 4.74 Å². The summed E-state index contributed by atoms with van der Waals surface area (Å²) in [7, 11) is 0. The van der Waals surface area contributed by atoms with Gasteiger partial charge in [-0.1, -0.05) is 38.1 Å². The molecule has 0 aliphatic heterocycles. The molecule has 0 bridgehead atoms. The molecule has 1 aromatic heterocycles. The van der Waals surface area contributed by atoms with Crippen LogP contribution in [0.3, 0.4) is 0 Å². The standard InChI is InChI=1S/C21H25N3O2.C2H6/c1-5-22-17-10-9-15-7-6-8-16(19(15)12-17)11-18-13-24(14-23-18)20(25)26-21(2,3)4;1-2/h6-10,12-14,22H,5,11H2,1-4H3;1-2H3. The van der Waals surface area contributed by atoms with Crippen molar-refractivity contribution in [2.45, 2.75) is 53.6 Å². The van der Waals surface area contributed by atoms with Gasteiger partial charge in [-0.05, 0) is 56.2 Å². The fourth-order valence-electron chi connectivity index (χ4n) is 2.87. The van der Waals surface area contributed by atoms with E-state index in [1.54, 1.807) is 6.20 Å². The number of aromatic nitrogens is 2. The van der Waals surface area contributed by atoms with Crippen molar-refractivity contribution in [3.05, 3.63) is 60.2 Å². The zero-order valence-electron chi connectivity index (χ0n) is 17.7. The summed E-state index contributed by atoms with van der Waals surface area (Å²) < 4.78 is 6.77. The summed E-state index contributed by atoms with van der Waals surface area (Å²) in [4.78, 5) is 16.5. The molecule has 0 aliphatic rings. The number of ether oxygens (including phenoxy) is 1. The molecule has 5 nitrogen and oxygen atoms in total. The summed E-state index contributed by atoms with van der Waals surface area (Å²) in [6.07, 6.45) is 3.49. The van der Waals surface area contributed by atoms with Gasteiger partial charge in [0.15, 0.2) is 0 Å². The van der Waals surface area contributed by atoms with Crippen LogP contribution < -0.4 is 5.32 Å². The van der Waals surface area contributed by atoms with Crippen LogP contribution in [0.4, 0.5) is 10.5 Å². The third-order valence-corrected chi connectivity index (χ3v) is 3.97. The van der Waals surface area contributed by atoms with Crippen molar-refractivity contribution >= 4 is 22.6 Å². The molecule has 5 heteroatoms. The Bertz CT molecular complexity index is 923. The Morgan fingerprint density at radius 1 is 1.18 bits per heavy atom. The fraction of sp³-hybridized carbons (Fsp3) is 0.391. The molecule has 0 atom stereocenters. The van der Waals surface area contributed by atoms with Gasteiger partial charge in [0.25, 0.3) is 0 Å². The minimum atomic E-state index is -0.528. The Kier molecular flexibility index (Phi) is 7.21. The summed E-state index contributed by atoms with van der Waals surface area (Å²) in [5.74, 6) is 0. The SMILES string of the molecule is CC.CCNc1ccc2cccc(Cc3cn(C(=O)OC(C)(C)C)cn3)c2c1. The zero-order valence-corrected chi connectivity index (χ0v) is 17.7. The van der Waals surface area contributed by atoms with Crippen LogP contribution >= 0.6 is 0 Å². The van der Waals surface area contributed by atoms with Gasteiger partial charge in [-0.25, -0.2) is 14.3 Å². The molecular weight excluding hydrogens is 350 g/mol. The Balaban J connectivity index is 0.00000136. The lowest BCUT2D eigenvalue weighted by Gasteiger charge is -2.19. The minimum Gasteiger partial charge on any atom is -0.443 e. The molecule has 0 saturated heterocycles. The number of anilines is 1. The van der Waals surface area contributed by atoms with Crippen molar-refractivity contribution in [3.63, 3.8) is 0 Å². The molecule has 1 N–H and O–H groups in total. The molecule has 0 saturated carbocycles. The number of rotatable bonds is 4. The summed E-state index contributed by atoms with van der Waals surface area (Å²) >= 11 is 0. The molecule has 150 valence electrons. The molecule has 3 rings (SSSR count). The lowest BCUT2D eigenvalue weighted by atomic mass is 10.0. The monoisotopic (exact) mass is 381 g/mol. The molecule has 0 fully saturated rings. The number of fused-ring (bicyclic) bond motifs is 1.